The Morgan fingerprint density at radius 3 is 2.24 bits per heavy atom. The second-order valence-electron chi connectivity index (χ2n) is 2.96. The molecule has 6 nitrogen and oxygen atoms in total. The normalized spacial score (nSPS) is 12.4. The lowest BCUT2D eigenvalue weighted by Gasteiger charge is -2.08. The molecule has 0 aliphatic carbocycles. The van der Waals surface area contributed by atoms with Gasteiger partial charge in [-0.15, -0.1) is 0 Å². The Labute approximate surface area is 104 Å². The molecule has 0 heterocycles. The topological polar surface area (TPSA) is 89.5 Å². The molecule has 96 valence electrons. The van der Waals surface area contributed by atoms with Crippen LogP contribution in [0.15, 0.2) is 28.0 Å². The molecule has 0 aromatic heterocycles. The summed E-state index contributed by atoms with van der Waals surface area (Å²) in [6.07, 6.45) is 0. The third kappa shape index (κ3) is 3.09. The van der Waals surface area contributed by atoms with E-state index in [2.05, 4.69) is 4.72 Å². The lowest BCUT2D eigenvalue weighted by Crippen LogP contribution is -2.18. The first-order chi connectivity index (χ1) is 7.72. The van der Waals surface area contributed by atoms with Gasteiger partial charge >= 0.3 is 0 Å². The number of nitrogens with one attached hydrogen (secondary N) is 1. The Kier molecular flexibility index (Phi) is 4.03. The predicted octanol–water partition coefficient (Wildman–Crippen LogP) is 0.531. The lowest BCUT2D eigenvalue weighted by molar-refractivity contribution is 0.402. The van der Waals surface area contributed by atoms with E-state index in [1.807, 2.05) is 0 Å². The molecule has 1 aromatic rings. The molecule has 0 saturated heterocycles. The average molecular weight is 300 g/mol. The van der Waals surface area contributed by atoms with Crippen LogP contribution >= 0.6 is 10.7 Å². The van der Waals surface area contributed by atoms with Gasteiger partial charge < -0.3 is 4.74 Å². The summed E-state index contributed by atoms with van der Waals surface area (Å²) in [5.41, 5.74) is 0. The summed E-state index contributed by atoms with van der Waals surface area (Å²) in [6, 6.07) is 3.38. The van der Waals surface area contributed by atoms with Crippen LogP contribution in [-0.4, -0.2) is 31.0 Å². The smallest absolute Gasteiger partial charge is 0.265 e. The van der Waals surface area contributed by atoms with Gasteiger partial charge in [-0.3, -0.25) is 0 Å². The Bertz CT molecular complexity index is 623. The molecular formula is C8H10ClNO5S2. The van der Waals surface area contributed by atoms with Gasteiger partial charge in [-0.25, -0.2) is 21.6 Å². The molecule has 9 heteroatoms. The van der Waals surface area contributed by atoms with Gasteiger partial charge in [0.2, 0.25) is 10.0 Å². The number of ether oxygens (including phenoxy) is 1. The monoisotopic (exact) mass is 299 g/mol. The van der Waals surface area contributed by atoms with E-state index in [1.54, 1.807) is 0 Å². The van der Waals surface area contributed by atoms with Crippen LogP contribution in [0.5, 0.6) is 5.75 Å². The number of sulfonamides is 1. The average Bonchev–Trinajstić information content (AvgIpc) is 2.27. The van der Waals surface area contributed by atoms with E-state index in [9.17, 15) is 16.8 Å². The number of rotatable bonds is 4. The number of halogens is 1. The standard InChI is InChI=1S/C8H10ClNO5S2/c1-10-17(13,14)6-3-4-7(15-2)8(5-6)16(9,11)12/h3-5,10H,1-2H3. The lowest BCUT2D eigenvalue weighted by atomic mass is 10.3. The highest BCUT2D eigenvalue weighted by Gasteiger charge is 2.21. The van der Waals surface area contributed by atoms with Crippen LogP contribution in [0.25, 0.3) is 0 Å². The Hall–Kier alpha value is -0.830. The molecule has 0 atom stereocenters. The maximum Gasteiger partial charge on any atom is 0.265 e. The summed E-state index contributed by atoms with van der Waals surface area (Å²) in [5, 5.41) is 0. The van der Waals surface area contributed by atoms with Crippen molar-refractivity contribution >= 4 is 29.8 Å². The van der Waals surface area contributed by atoms with Gasteiger partial charge in [0.25, 0.3) is 9.05 Å². The molecule has 1 rings (SSSR count). The van der Waals surface area contributed by atoms with Crippen molar-refractivity contribution in [2.75, 3.05) is 14.2 Å². The molecule has 0 aliphatic rings. The fourth-order valence-electron chi connectivity index (χ4n) is 1.13. The van der Waals surface area contributed by atoms with E-state index >= 15 is 0 Å². The minimum absolute atomic E-state index is 0.0185. The van der Waals surface area contributed by atoms with Gasteiger partial charge in [0.15, 0.2) is 0 Å². The number of benzene rings is 1. The van der Waals surface area contributed by atoms with Gasteiger partial charge in [0.05, 0.1) is 12.0 Å². The Morgan fingerprint density at radius 1 is 1.24 bits per heavy atom. The SMILES string of the molecule is CNS(=O)(=O)c1ccc(OC)c(S(=O)(=O)Cl)c1. The minimum atomic E-state index is -4.08. The van der Waals surface area contributed by atoms with Crippen LogP contribution in [0.1, 0.15) is 0 Å². The van der Waals surface area contributed by atoms with Crippen molar-refractivity contribution in [3.63, 3.8) is 0 Å². The fraction of sp³-hybridized carbons (Fsp3) is 0.250. The van der Waals surface area contributed by atoms with E-state index < -0.39 is 24.0 Å². The number of hydrogen-bond acceptors (Lipinski definition) is 5. The highest BCUT2D eigenvalue weighted by Crippen LogP contribution is 2.29. The van der Waals surface area contributed by atoms with E-state index in [4.69, 9.17) is 15.4 Å². The van der Waals surface area contributed by atoms with Crippen molar-refractivity contribution in [1.82, 2.24) is 4.72 Å². The van der Waals surface area contributed by atoms with E-state index in [1.165, 1.54) is 26.3 Å². The summed E-state index contributed by atoms with van der Waals surface area (Å²) < 4.78 is 52.3. The van der Waals surface area contributed by atoms with Gasteiger partial charge in [-0.1, -0.05) is 0 Å². The second kappa shape index (κ2) is 4.81. The van der Waals surface area contributed by atoms with Gasteiger partial charge in [0, 0.05) is 10.7 Å². The third-order valence-electron chi connectivity index (χ3n) is 1.98. The van der Waals surface area contributed by atoms with Crippen LogP contribution in [0, 0.1) is 0 Å². The largest absolute Gasteiger partial charge is 0.495 e. The first-order valence-electron chi connectivity index (χ1n) is 4.28. The highest BCUT2D eigenvalue weighted by molar-refractivity contribution is 8.13. The van der Waals surface area contributed by atoms with Gasteiger partial charge in [-0.05, 0) is 25.2 Å². The molecule has 0 fully saturated rings. The van der Waals surface area contributed by atoms with E-state index in [-0.39, 0.29) is 10.6 Å². The maximum atomic E-state index is 11.5. The van der Waals surface area contributed by atoms with Crippen LogP contribution in [0.3, 0.4) is 0 Å². The molecule has 0 aliphatic heterocycles. The summed E-state index contributed by atoms with van der Waals surface area (Å²) in [5.74, 6) is -0.0185. The molecular weight excluding hydrogens is 290 g/mol. The first-order valence-corrected chi connectivity index (χ1v) is 8.08. The van der Waals surface area contributed by atoms with Gasteiger partial charge in [-0.2, -0.15) is 0 Å². The summed E-state index contributed by atoms with van der Waals surface area (Å²) in [4.78, 5) is -0.599. The van der Waals surface area contributed by atoms with Crippen LogP contribution in [0.4, 0.5) is 0 Å². The molecule has 0 bridgehead atoms. The van der Waals surface area contributed by atoms with Crippen molar-refractivity contribution < 1.29 is 21.6 Å². The molecule has 0 radical (unpaired) electrons. The van der Waals surface area contributed by atoms with Crippen molar-refractivity contribution in [2.45, 2.75) is 9.79 Å². The second-order valence-corrected chi connectivity index (χ2v) is 7.38. The number of methoxy groups -OCH3 is 1. The maximum absolute atomic E-state index is 11.5. The first kappa shape index (κ1) is 14.2. The zero-order chi connectivity index (χ0) is 13.3. The highest BCUT2D eigenvalue weighted by atomic mass is 35.7. The van der Waals surface area contributed by atoms with Crippen LogP contribution < -0.4 is 9.46 Å². The molecule has 1 N–H and O–H groups in total. The zero-order valence-corrected chi connectivity index (χ0v) is 11.4. The molecule has 0 amide bonds. The minimum Gasteiger partial charge on any atom is -0.495 e. The Morgan fingerprint density at radius 2 is 1.82 bits per heavy atom. The summed E-state index contributed by atoms with van der Waals surface area (Å²) in [6.45, 7) is 0. The van der Waals surface area contributed by atoms with Gasteiger partial charge in [0.1, 0.15) is 10.6 Å². The van der Waals surface area contributed by atoms with Crippen molar-refractivity contribution in [3.05, 3.63) is 18.2 Å². The molecule has 0 spiro atoms. The molecule has 0 saturated carbocycles. The summed E-state index contributed by atoms with van der Waals surface area (Å²) >= 11 is 0. The van der Waals surface area contributed by atoms with Crippen LogP contribution in [0.2, 0.25) is 0 Å². The van der Waals surface area contributed by atoms with Crippen molar-refractivity contribution in [2.24, 2.45) is 0 Å². The van der Waals surface area contributed by atoms with Crippen molar-refractivity contribution in [3.8, 4) is 5.75 Å². The van der Waals surface area contributed by atoms with E-state index in [0.29, 0.717) is 0 Å². The molecule has 17 heavy (non-hydrogen) atoms. The van der Waals surface area contributed by atoms with E-state index in [0.717, 1.165) is 6.07 Å². The zero-order valence-electron chi connectivity index (χ0n) is 8.97. The van der Waals surface area contributed by atoms with Crippen molar-refractivity contribution in [1.29, 1.82) is 0 Å². The third-order valence-corrected chi connectivity index (χ3v) is 4.73. The number of hydrogen-bond donors (Lipinski definition) is 1. The molecule has 0 unspecified atom stereocenters. The summed E-state index contributed by atoms with van der Waals surface area (Å²) in [7, 11) is -0.158. The quantitative estimate of drug-likeness (QED) is 0.819. The Balaban J connectivity index is 3.55. The fourth-order valence-corrected chi connectivity index (χ4v) is 2.98. The van der Waals surface area contributed by atoms with Crippen LogP contribution in [-0.2, 0) is 19.1 Å². The molecule has 1 aromatic carbocycles. The predicted molar refractivity (Wildman–Crippen MR) is 62.3 cm³/mol.